The van der Waals surface area contributed by atoms with Crippen LogP contribution in [0.3, 0.4) is 0 Å². The van der Waals surface area contributed by atoms with E-state index in [2.05, 4.69) is 37.7 Å². The molecule has 1 aromatic rings. The van der Waals surface area contributed by atoms with Crippen LogP contribution in [0.4, 0.5) is 0 Å². The van der Waals surface area contributed by atoms with Crippen LogP contribution in [-0.4, -0.2) is 62.7 Å². The molecule has 33 heavy (non-hydrogen) atoms. The maximum Gasteiger partial charge on any atom is 0.176 e. The van der Waals surface area contributed by atoms with E-state index in [1.807, 2.05) is 24.3 Å². The standard InChI is InChI=1S/C28H50N2O3/c1-5-7-9-11-13-17-21-29(3)27-23-31-24-28(30(4)22-18-14-12-10-8-6-2)33-26-20-16-15-19-25(26)32-27/h15-16,19-20,27-28H,5-14,17-18,21-24H2,1-4H3. The molecule has 190 valence electrons. The van der Waals surface area contributed by atoms with Gasteiger partial charge in [-0.05, 0) is 39.1 Å². The Hall–Kier alpha value is -1.30. The van der Waals surface area contributed by atoms with Crippen LogP contribution >= 0.6 is 0 Å². The largest absolute Gasteiger partial charge is 0.469 e. The predicted molar refractivity (Wildman–Crippen MR) is 138 cm³/mol. The summed E-state index contributed by atoms with van der Waals surface area (Å²) in [5.41, 5.74) is 0. The van der Waals surface area contributed by atoms with E-state index in [-0.39, 0.29) is 12.5 Å². The SMILES string of the molecule is CCCCCCCCN(C)C1COCC(N(C)CCCCCCCC)Oc2ccccc2O1. The molecule has 0 fully saturated rings. The van der Waals surface area contributed by atoms with E-state index in [9.17, 15) is 0 Å². The van der Waals surface area contributed by atoms with Crippen molar-refractivity contribution in [2.45, 2.75) is 103 Å². The van der Waals surface area contributed by atoms with Gasteiger partial charge in [-0.3, -0.25) is 9.80 Å². The van der Waals surface area contributed by atoms with Gasteiger partial charge in [0.05, 0.1) is 13.2 Å². The van der Waals surface area contributed by atoms with Crippen LogP contribution in [0.5, 0.6) is 11.5 Å². The van der Waals surface area contributed by atoms with Crippen LogP contribution in [0.15, 0.2) is 24.3 Å². The number of nitrogens with zero attached hydrogens (tertiary/aromatic N) is 2. The lowest BCUT2D eigenvalue weighted by Crippen LogP contribution is -2.43. The fraction of sp³-hybridized carbons (Fsp3) is 0.786. The molecular weight excluding hydrogens is 412 g/mol. The highest BCUT2D eigenvalue weighted by Crippen LogP contribution is 2.30. The molecule has 2 atom stereocenters. The Bertz CT molecular complexity index is 562. The van der Waals surface area contributed by atoms with Gasteiger partial charge < -0.3 is 14.2 Å². The highest BCUT2D eigenvalue weighted by molar-refractivity contribution is 5.39. The molecule has 2 unspecified atom stereocenters. The van der Waals surface area contributed by atoms with Crippen molar-refractivity contribution in [2.75, 3.05) is 40.4 Å². The summed E-state index contributed by atoms with van der Waals surface area (Å²) >= 11 is 0. The van der Waals surface area contributed by atoms with E-state index in [1.54, 1.807) is 0 Å². The van der Waals surface area contributed by atoms with Crippen LogP contribution in [0.1, 0.15) is 90.9 Å². The van der Waals surface area contributed by atoms with Gasteiger partial charge in [0.1, 0.15) is 0 Å². The molecule has 0 spiro atoms. The molecule has 1 aliphatic heterocycles. The summed E-state index contributed by atoms with van der Waals surface area (Å²) in [5.74, 6) is 1.61. The third-order valence-electron chi connectivity index (χ3n) is 6.61. The smallest absolute Gasteiger partial charge is 0.176 e. The lowest BCUT2D eigenvalue weighted by Gasteiger charge is -2.28. The van der Waals surface area contributed by atoms with Crippen molar-refractivity contribution in [1.82, 2.24) is 9.80 Å². The number of rotatable bonds is 16. The monoisotopic (exact) mass is 462 g/mol. The Kier molecular flexibility index (Phi) is 14.5. The van der Waals surface area contributed by atoms with E-state index in [0.29, 0.717) is 13.2 Å². The summed E-state index contributed by atoms with van der Waals surface area (Å²) in [6, 6.07) is 8.05. The van der Waals surface area contributed by atoms with Gasteiger partial charge in [-0.25, -0.2) is 0 Å². The van der Waals surface area contributed by atoms with Gasteiger partial charge in [0, 0.05) is 13.1 Å². The molecular formula is C28H50N2O3. The zero-order valence-corrected chi connectivity index (χ0v) is 21.9. The summed E-state index contributed by atoms with van der Waals surface area (Å²) in [5, 5.41) is 0. The van der Waals surface area contributed by atoms with Gasteiger partial charge in [-0.1, -0.05) is 90.2 Å². The molecule has 0 bridgehead atoms. The molecule has 1 heterocycles. The Morgan fingerprint density at radius 3 is 1.45 bits per heavy atom. The van der Waals surface area contributed by atoms with Crippen molar-refractivity contribution in [3.8, 4) is 11.5 Å². The molecule has 1 aliphatic rings. The third-order valence-corrected chi connectivity index (χ3v) is 6.61. The summed E-state index contributed by atoms with van der Waals surface area (Å²) in [6.07, 6.45) is 15.4. The fourth-order valence-electron chi connectivity index (χ4n) is 4.28. The molecule has 0 amide bonds. The second-order valence-corrected chi connectivity index (χ2v) is 9.63. The maximum absolute atomic E-state index is 6.40. The van der Waals surface area contributed by atoms with Crippen LogP contribution in [0.25, 0.3) is 0 Å². The van der Waals surface area contributed by atoms with Gasteiger partial charge in [0.2, 0.25) is 0 Å². The number of ether oxygens (including phenoxy) is 3. The first kappa shape index (κ1) is 27.9. The van der Waals surface area contributed by atoms with Gasteiger partial charge in [-0.15, -0.1) is 0 Å². The first-order chi connectivity index (χ1) is 16.2. The molecule has 0 radical (unpaired) electrons. The highest BCUT2D eigenvalue weighted by atomic mass is 16.6. The van der Waals surface area contributed by atoms with Gasteiger partial charge >= 0.3 is 0 Å². The predicted octanol–water partition coefficient (Wildman–Crippen LogP) is 6.71. The molecule has 5 nitrogen and oxygen atoms in total. The number of hydrogen-bond donors (Lipinski definition) is 0. The van der Waals surface area contributed by atoms with Gasteiger partial charge in [0.25, 0.3) is 0 Å². The molecule has 0 saturated heterocycles. The van der Waals surface area contributed by atoms with E-state index < -0.39 is 0 Å². The number of fused-ring (bicyclic) bond motifs is 1. The number of unbranched alkanes of at least 4 members (excludes halogenated alkanes) is 10. The second kappa shape index (κ2) is 17.2. The van der Waals surface area contributed by atoms with E-state index in [0.717, 1.165) is 24.6 Å². The minimum absolute atomic E-state index is 0.104. The Morgan fingerprint density at radius 1 is 0.636 bits per heavy atom. The molecule has 2 rings (SSSR count). The van der Waals surface area contributed by atoms with Crippen LogP contribution in [-0.2, 0) is 4.74 Å². The van der Waals surface area contributed by atoms with Crippen molar-refractivity contribution >= 4 is 0 Å². The minimum Gasteiger partial charge on any atom is -0.469 e. The topological polar surface area (TPSA) is 34.2 Å². The van der Waals surface area contributed by atoms with Gasteiger partial charge in [-0.2, -0.15) is 0 Å². The van der Waals surface area contributed by atoms with E-state index in [4.69, 9.17) is 14.2 Å². The van der Waals surface area contributed by atoms with Crippen LogP contribution in [0.2, 0.25) is 0 Å². The highest BCUT2D eigenvalue weighted by Gasteiger charge is 2.25. The van der Waals surface area contributed by atoms with Crippen molar-refractivity contribution in [3.63, 3.8) is 0 Å². The average Bonchev–Trinajstić information content (AvgIpc) is 2.92. The average molecular weight is 463 g/mol. The molecule has 1 aromatic carbocycles. The lowest BCUT2D eigenvalue weighted by atomic mass is 10.1. The Balaban J connectivity index is 1.87. The molecule has 0 saturated carbocycles. The Morgan fingerprint density at radius 2 is 1.03 bits per heavy atom. The summed E-state index contributed by atoms with van der Waals surface area (Å²) in [4.78, 5) is 4.58. The number of benzene rings is 1. The van der Waals surface area contributed by atoms with Crippen molar-refractivity contribution in [2.24, 2.45) is 0 Å². The first-order valence-corrected chi connectivity index (χ1v) is 13.6. The van der Waals surface area contributed by atoms with Crippen molar-refractivity contribution in [3.05, 3.63) is 24.3 Å². The molecule has 0 N–H and O–H groups in total. The minimum atomic E-state index is -0.104. The maximum atomic E-state index is 6.40. The fourth-order valence-corrected chi connectivity index (χ4v) is 4.28. The first-order valence-electron chi connectivity index (χ1n) is 13.6. The zero-order valence-electron chi connectivity index (χ0n) is 21.9. The van der Waals surface area contributed by atoms with Crippen molar-refractivity contribution in [1.29, 1.82) is 0 Å². The third kappa shape index (κ3) is 11.1. The summed E-state index contributed by atoms with van der Waals surface area (Å²) in [6.45, 7) is 7.66. The Labute approximate surface area is 203 Å². The van der Waals surface area contributed by atoms with Gasteiger partial charge in [0.15, 0.2) is 24.0 Å². The molecule has 0 aromatic heterocycles. The second-order valence-electron chi connectivity index (χ2n) is 9.63. The number of para-hydroxylation sites is 2. The summed E-state index contributed by atoms with van der Waals surface area (Å²) in [7, 11) is 4.28. The number of likely N-dealkylation sites (N-methyl/N-ethyl adjacent to an activating group) is 2. The number of hydrogen-bond acceptors (Lipinski definition) is 5. The molecule has 5 heteroatoms. The molecule has 0 aliphatic carbocycles. The van der Waals surface area contributed by atoms with E-state index in [1.165, 1.54) is 77.0 Å². The van der Waals surface area contributed by atoms with Crippen molar-refractivity contribution < 1.29 is 14.2 Å². The quantitative estimate of drug-likeness (QED) is 0.255. The van der Waals surface area contributed by atoms with E-state index >= 15 is 0 Å². The van der Waals surface area contributed by atoms with Crippen LogP contribution < -0.4 is 9.47 Å². The zero-order chi connectivity index (χ0) is 23.7. The normalized spacial score (nSPS) is 18.8. The van der Waals surface area contributed by atoms with Crippen LogP contribution in [0, 0.1) is 0 Å². The lowest BCUT2D eigenvalue weighted by molar-refractivity contribution is -0.0634. The summed E-state index contributed by atoms with van der Waals surface area (Å²) < 4.78 is 18.9.